The number of nitrogens with zero attached hydrogens (tertiary/aromatic N) is 3. The average Bonchev–Trinajstić information content (AvgIpc) is 2.87. The van der Waals surface area contributed by atoms with E-state index < -0.39 is 0 Å². The van der Waals surface area contributed by atoms with E-state index in [4.69, 9.17) is 4.74 Å². The van der Waals surface area contributed by atoms with Crippen LogP contribution in [-0.2, 0) is 0 Å². The van der Waals surface area contributed by atoms with Crippen LogP contribution in [0.4, 0.5) is 0 Å². The van der Waals surface area contributed by atoms with E-state index in [0.717, 1.165) is 28.4 Å². The molecule has 0 aliphatic rings. The van der Waals surface area contributed by atoms with Gasteiger partial charge in [-0.25, -0.2) is 5.43 Å². The fourth-order valence-electron chi connectivity index (χ4n) is 2.90. The number of carbonyl (C=O) groups excluding carboxylic acids is 1. The summed E-state index contributed by atoms with van der Waals surface area (Å²) in [5, 5.41) is 8.83. The van der Waals surface area contributed by atoms with Gasteiger partial charge in [0.15, 0.2) is 0 Å². The molecule has 0 fully saturated rings. The van der Waals surface area contributed by atoms with Crippen LogP contribution in [0.5, 0.6) is 5.75 Å². The van der Waals surface area contributed by atoms with Crippen molar-refractivity contribution < 1.29 is 9.53 Å². The van der Waals surface area contributed by atoms with Gasteiger partial charge in [-0.1, -0.05) is 0 Å². The Morgan fingerprint density at radius 2 is 1.77 bits per heavy atom. The average molecular weight is 356 g/mol. The largest absolute Gasteiger partial charge is 0.491 e. The molecule has 0 unspecified atom stereocenters. The molecule has 0 aliphatic carbocycles. The van der Waals surface area contributed by atoms with Gasteiger partial charge in [0.25, 0.3) is 5.91 Å². The maximum atomic E-state index is 12.3. The monoisotopic (exact) mass is 356 g/mol. The van der Waals surface area contributed by atoms with Crippen LogP contribution in [0.15, 0.2) is 29.4 Å². The zero-order valence-corrected chi connectivity index (χ0v) is 16.6. The number of hydrazone groups is 1. The van der Waals surface area contributed by atoms with Crippen molar-refractivity contribution in [2.45, 2.75) is 60.6 Å². The van der Waals surface area contributed by atoms with Crippen LogP contribution in [0.25, 0.3) is 0 Å². The standard InChI is InChI=1S/C20H28N4O2/c1-12(2)24-16(7)19(15(6)23-24)14(5)21-22-20(25)17-8-10-18(11-9-17)26-13(3)4/h8-13H,1-7H3,(H,22,25)/b21-14+. The smallest absolute Gasteiger partial charge is 0.271 e. The number of hydrogen-bond acceptors (Lipinski definition) is 4. The SMILES string of the molecule is C/C(=N\NC(=O)c1ccc(OC(C)C)cc1)c1c(C)nn(C(C)C)c1C. The Hall–Kier alpha value is -2.63. The van der Waals surface area contributed by atoms with Crippen molar-refractivity contribution in [1.82, 2.24) is 15.2 Å². The van der Waals surface area contributed by atoms with Crippen molar-refractivity contribution in [1.29, 1.82) is 0 Å². The van der Waals surface area contributed by atoms with Gasteiger partial charge in [0.05, 0.1) is 17.5 Å². The minimum Gasteiger partial charge on any atom is -0.491 e. The highest BCUT2D eigenvalue weighted by Crippen LogP contribution is 2.18. The highest BCUT2D eigenvalue weighted by atomic mass is 16.5. The first-order chi connectivity index (χ1) is 12.2. The third-order valence-electron chi connectivity index (χ3n) is 3.99. The molecule has 26 heavy (non-hydrogen) atoms. The highest BCUT2D eigenvalue weighted by molar-refractivity contribution is 6.02. The number of ether oxygens (including phenoxy) is 1. The minimum atomic E-state index is -0.257. The molecular weight excluding hydrogens is 328 g/mol. The quantitative estimate of drug-likeness (QED) is 0.628. The van der Waals surface area contributed by atoms with E-state index in [9.17, 15) is 4.79 Å². The molecule has 0 saturated heterocycles. The molecule has 0 spiro atoms. The molecule has 0 aliphatic heterocycles. The first kappa shape index (κ1) is 19.7. The van der Waals surface area contributed by atoms with E-state index >= 15 is 0 Å². The van der Waals surface area contributed by atoms with E-state index in [0.29, 0.717) is 5.56 Å². The van der Waals surface area contributed by atoms with Gasteiger partial charge in [0.1, 0.15) is 5.75 Å². The Kier molecular flexibility index (Phi) is 6.18. The van der Waals surface area contributed by atoms with Crippen LogP contribution in [0.3, 0.4) is 0 Å². The van der Waals surface area contributed by atoms with Crippen molar-refractivity contribution in [2.24, 2.45) is 5.10 Å². The number of rotatable bonds is 6. The molecule has 0 bridgehead atoms. The molecule has 6 heteroatoms. The third kappa shape index (κ3) is 4.50. The molecule has 1 amide bonds. The molecule has 0 saturated carbocycles. The Morgan fingerprint density at radius 3 is 2.27 bits per heavy atom. The zero-order chi connectivity index (χ0) is 19.4. The summed E-state index contributed by atoms with van der Waals surface area (Å²) in [6, 6.07) is 7.30. The summed E-state index contributed by atoms with van der Waals surface area (Å²) in [6.07, 6.45) is 0.0974. The topological polar surface area (TPSA) is 68.5 Å². The predicted molar refractivity (Wildman–Crippen MR) is 104 cm³/mol. The van der Waals surface area contributed by atoms with Gasteiger partial charge >= 0.3 is 0 Å². The lowest BCUT2D eigenvalue weighted by molar-refractivity contribution is 0.0955. The van der Waals surface area contributed by atoms with Crippen molar-refractivity contribution in [3.8, 4) is 5.75 Å². The number of hydrogen-bond donors (Lipinski definition) is 1. The van der Waals surface area contributed by atoms with Crippen molar-refractivity contribution in [2.75, 3.05) is 0 Å². The lowest BCUT2D eigenvalue weighted by Gasteiger charge is -2.10. The van der Waals surface area contributed by atoms with Gasteiger partial charge in [0, 0.05) is 22.9 Å². The van der Waals surface area contributed by atoms with Crippen LogP contribution >= 0.6 is 0 Å². The van der Waals surface area contributed by atoms with E-state index in [-0.39, 0.29) is 18.1 Å². The number of carbonyl (C=O) groups is 1. The molecule has 6 nitrogen and oxygen atoms in total. The van der Waals surface area contributed by atoms with E-state index in [1.807, 2.05) is 39.3 Å². The maximum absolute atomic E-state index is 12.3. The van der Waals surface area contributed by atoms with Crippen LogP contribution in [0, 0.1) is 13.8 Å². The van der Waals surface area contributed by atoms with Crippen LogP contribution in [-0.4, -0.2) is 27.5 Å². The Balaban J connectivity index is 2.12. The second kappa shape index (κ2) is 8.17. The van der Waals surface area contributed by atoms with Gasteiger partial charge in [-0.3, -0.25) is 9.48 Å². The predicted octanol–water partition coefficient (Wildman–Crippen LogP) is 4.02. The molecule has 1 heterocycles. The molecule has 0 atom stereocenters. The molecule has 1 aromatic heterocycles. The van der Waals surface area contributed by atoms with Gasteiger partial charge in [-0.15, -0.1) is 0 Å². The van der Waals surface area contributed by atoms with Gasteiger partial charge in [-0.2, -0.15) is 10.2 Å². The number of benzene rings is 1. The van der Waals surface area contributed by atoms with E-state index in [1.165, 1.54) is 0 Å². The summed E-state index contributed by atoms with van der Waals surface area (Å²) in [7, 11) is 0. The molecule has 140 valence electrons. The van der Waals surface area contributed by atoms with Gasteiger partial charge in [0.2, 0.25) is 0 Å². The summed E-state index contributed by atoms with van der Waals surface area (Å²) < 4.78 is 7.56. The summed E-state index contributed by atoms with van der Waals surface area (Å²) in [5.74, 6) is 0.482. The zero-order valence-electron chi connectivity index (χ0n) is 16.6. The summed E-state index contributed by atoms with van der Waals surface area (Å²) in [4.78, 5) is 12.3. The molecule has 2 aromatic rings. The normalized spacial score (nSPS) is 12.0. The highest BCUT2D eigenvalue weighted by Gasteiger charge is 2.16. The number of nitrogens with one attached hydrogen (secondary N) is 1. The number of amides is 1. The molecule has 1 aromatic carbocycles. The lowest BCUT2D eigenvalue weighted by atomic mass is 10.1. The second-order valence-electron chi connectivity index (χ2n) is 6.91. The first-order valence-electron chi connectivity index (χ1n) is 8.88. The Labute approximate surface area is 155 Å². The van der Waals surface area contributed by atoms with Crippen LogP contribution in [0.2, 0.25) is 0 Å². The summed E-state index contributed by atoms with van der Waals surface area (Å²) in [5.41, 5.74) is 6.81. The molecule has 0 radical (unpaired) electrons. The second-order valence-corrected chi connectivity index (χ2v) is 6.91. The lowest BCUT2D eigenvalue weighted by Crippen LogP contribution is -2.19. The number of aryl methyl sites for hydroxylation is 1. The third-order valence-corrected chi connectivity index (χ3v) is 3.99. The summed E-state index contributed by atoms with van der Waals surface area (Å²) >= 11 is 0. The van der Waals surface area contributed by atoms with E-state index in [1.54, 1.807) is 24.3 Å². The Bertz CT molecular complexity index is 802. The van der Waals surface area contributed by atoms with Gasteiger partial charge < -0.3 is 4.74 Å². The van der Waals surface area contributed by atoms with Gasteiger partial charge in [-0.05, 0) is 72.7 Å². The minimum absolute atomic E-state index is 0.0974. The fourth-order valence-corrected chi connectivity index (χ4v) is 2.90. The number of aromatic nitrogens is 2. The molecule has 1 N–H and O–H groups in total. The fraction of sp³-hybridized carbons (Fsp3) is 0.450. The van der Waals surface area contributed by atoms with Crippen LogP contribution < -0.4 is 10.2 Å². The molecule has 2 rings (SSSR count). The first-order valence-corrected chi connectivity index (χ1v) is 8.88. The van der Waals surface area contributed by atoms with Crippen molar-refractivity contribution in [3.05, 3.63) is 46.8 Å². The van der Waals surface area contributed by atoms with Crippen molar-refractivity contribution in [3.63, 3.8) is 0 Å². The Morgan fingerprint density at radius 1 is 1.15 bits per heavy atom. The maximum Gasteiger partial charge on any atom is 0.271 e. The summed E-state index contributed by atoms with van der Waals surface area (Å²) in [6.45, 7) is 13.9. The van der Waals surface area contributed by atoms with E-state index in [2.05, 4.69) is 29.5 Å². The van der Waals surface area contributed by atoms with Crippen molar-refractivity contribution >= 4 is 11.6 Å². The molecular formula is C20H28N4O2. The van der Waals surface area contributed by atoms with Crippen LogP contribution in [0.1, 0.15) is 68.0 Å².